The molecule has 0 amide bonds. The minimum absolute atomic E-state index is 0.227. The molecule has 1 aliphatic rings. The molecule has 1 fully saturated rings. The fourth-order valence-corrected chi connectivity index (χ4v) is 4.88. The van der Waals surface area contributed by atoms with E-state index in [1.807, 2.05) is 19.1 Å². The Morgan fingerprint density at radius 1 is 1.00 bits per heavy atom. The second-order valence-corrected chi connectivity index (χ2v) is 10.3. The number of carbonyl (C=O) groups is 1. The van der Waals surface area contributed by atoms with E-state index in [2.05, 4.69) is 37.8 Å². The monoisotopic (exact) mass is 474 g/mol. The van der Waals surface area contributed by atoms with Crippen molar-refractivity contribution in [2.75, 3.05) is 24.6 Å². The number of aldehydes is 1. The second-order valence-electron chi connectivity index (χ2n) is 10.3. The van der Waals surface area contributed by atoms with E-state index in [9.17, 15) is 9.18 Å². The van der Waals surface area contributed by atoms with E-state index in [1.54, 1.807) is 12.1 Å². The van der Waals surface area contributed by atoms with Crippen LogP contribution in [-0.2, 0) is 17.6 Å². The van der Waals surface area contributed by atoms with Gasteiger partial charge in [-0.15, -0.1) is 0 Å². The molecule has 1 aliphatic heterocycles. The van der Waals surface area contributed by atoms with Crippen molar-refractivity contribution in [3.05, 3.63) is 76.9 Å². The largest absolute Gasteiger partial charge is 0.493 e. The van der Waals surface area contributed by atoms with Gasteiger partial charge in [0, 0.05) is 48.4 Å². The molecule has 0 atom stereocenters. The molecule has 1 saturated heterocycles. The van der Waals surface area contributed by atoms with Gasteiger partial charge in [-0.05, 0) is 67.5 Å². The van der Waals surface area contributed by atoms with E-state index in [1.165, 1.54) is 12.1 Å². The first-order valence-electron chi connectivity index (χ1n) is 12.4. The minimum atomic E-state index is -0.227. The van der Waals surface area contributed by atoms with Gasteiger partial charge in [0.15, 0.2) is 0 Å². The highest BCUT2D eigenvalue weighted by atomic mass is 19.1. The SMILES string of the molecule is Cc1nc(C)c(-c2ccc(OCCc3ccc(F)cc3)cc2)c(N2CCC(C)(C)CC2)c1CC=O. The Kier molecular flexibility index (Phi) is 7.54. The Morgan fingerprint density at radius 3 is 2.29 bits per heavy atom. The van der Waals surface area contributed by atoms with Gasteiger partial charge in [0.1, 0.15) is 17.9 Å². The van der Waals surface area contributed by atoms with E-state index < -0.39 is 0 Å². The summed E-state index contributed by atoms with van der Waals surface area (Å²) in [5.74, 6) is 0.568. The molecule has 2 aromatic carbocycles. The summed E-state index contributed by atoms with van der Waals surface area (Å²) < 4.78 is 19.0. The first-order chi connectivity index (χ1) is 16.8. The lowest BCUT2D eigenvalue weighted by molar-refractivity contribution is -0.107. The van der Waals surface area contributed by atoms with Crippen molar-refractivity contribution >= 4 is 12.0 Å². The molecule has 184 valence electrons. The van der Waals surface area contributed by atoms with Gasteiger partial charge < -0.3 is 14.4 Å². The van der Waals surface area contributed by atoms with Crippen LogP contribution in [0.1, 0.15) is 49.2 Å². The Labute approximate surface area is 208 Å². The van der Waals surface area contributed by atoms with Crippen molar-refractivity contribution in [1.82, 2.24) is 4.98 Å². The fraction of sp³-hybridized carbons (Fsp3) is 0.400. The lowest BCUT2D eigenvalue weighted by Gasteiger charge is -2.40. The minimum Gasteiger partial charge on any atom is -0.493 e. The van der Waals surface area contributed by atoms with Crippen molar-refractivity contribution in [3.8, 4) is 16.9 Å². The molecule has 0 saturated carbocycles. The number of aromatic nitrogens is 1. The maximum Gasteiger partial charge on any atom is 0.124 e. The number of halogens is 1. The highest BCUT2D eigenvalue weighted by Gasteiger charge is 2.29. The first-order valence-corrected chi connectivity index (χ1v) is 12.4. The molecule has 0 aliphatic carbocycles. The zero-order valence-corrected chi connectivity index (χ0v) is 21.2. The van der Waals surface area contributed by atoms with E-state index in [-0.39, 0.29) is 5.82 Å². The van der Waals surface area contributed by atoms with Crippen molar-refractivity contribution < 1.29 is 13.9 Å². The summed E-state index contributed by atoms with van der Waals surface area (Å²) in [5, 5.41) is 0. The summed E-state index contributed by atoms with van der Waals surface area (Å²) in [7, 11) is 0. The predicted molar refractivity (Wildman–Crippen MR) is 140 cm³/mol. The van der Waals surface area contributed by atoms with E-state index >= 15 is 0 Å². The summed E-state index contributed by atoms with van der Waals surface area (Å²) in [4.78, 5) is 18.9. The van der Waals surface area contributed by atoms with Crippen LogP contribution >= 0.6 is 0 Å². The topological polar surface area (TPSA) is 42.4 Å². The van der Waals surface area contributed by atoms with Gasteiger partial charge in [-0.3, -0.25) is 4.98 Å². The van der Waals surface area contributed by atoms with Gasteiger partial charge >= 0.3 is 0 Å². The van der Waals surface area contributed by atoms with Crippen molar-refractivity contribution in [1.29, 1.82) is 0 Å². The number of piperidine rings is 1. The molecule has 0 unspecified atom stereocenters. The van der Waals surface area contributed by atoms with Crippen LogP contribution in [-0.4, -0.2) is 31.0 Å². The van der Waals surface area contributed by atoms with Crippen LogP contribution in [0.25, 0.3) is 11.1 Å². The molecule has 0 N–H and O–H groups in total. The Balaban J connectivity index is 1.59. The van der Waals surface area contributed by atoms with Gasteiger partial charge in [-0.25, -0.2) is 4.39 Å². The summed E-state index contributed by atoms with van der Waals surface area (Å²) >= 11 is 0. The smallest absolute Gasteiger partial charge is 0.124 e. The van der Waals surface area contributed by atoms with Crippen LogP contribution in [0.2, 0.25) is 0 Å². The van der Waals surface area contributed by atoms with Crippen LogP contribution in [0.3, 0.4) is 0 Å². The predicted octanol–water partition coefficient (Wildman–Crippen LogP) is 6.49. The summed E-state index contributed by atoms with van der Waals surface area (Å²) in [6, 6.07) is 14.7. The zero-order chi connectivity index (χ0) is 25.0. The number of hydrogen-bond acceptors (Lipinski definition) is 4. The maximum absolute atomic E-state index is 13.1. The average Bonchev–Trinajstić information content (AvgIpc) is 2.83. The van der Waals surface area contributed by atoms with Crippen molar-refractivity contribution in [2.24, 2.45) is 5.41 Å². The standard InChI is InChI=1S/C30H35FN2O2/c1-21-27(13-19-34)29(33-17-15-30(3,4)16-18-33)28(22(2)32-21)24-7-11-26(12-8-24)35-20-14-23-5-9-25(31)10-6-23/h5-12,19H,13-18,20H2,1-4H3. The molecule has 35 heavy (non-hydrogen) atoms. The van der Waals surface area contributed by atoms with E-state index in [0.29, 0.717) is 24.9 Å². The van der Waals surface area contributed by atoms with Gasteiger partial charge in [0.05, 0.1) is 12.3 Å². The maximum atomic E-state index is 13.1. The molecule has 3 aromatic rings. The summed E-state index contributed by atoms with van der Waals surface area (Å²) in [6.07, 6.45) is 4.31. The molecule has 4 nitrogen and oxygen atoms in total. The Hall–Kier alpha value is -3.21. The highest BCUT2D eigenvalue weighted by Crippen LogP contribution is 2.41. The molecule has 5 heteroatoms. The molecule has 0 radical (unpaired) electrons. The Bertz CT molecular complexity index is 1160. The first kappa shape index (κ1) is 24.9. The number of hydrogen-bond donors (Lipinski definition) is 0. The molecule has 2 heterocycles. The second kappa shape index (κ2) is 10.6. The summed E-state index contributed by atoms with van der Waals surface area (Å²) in [5.41, 5.74) is 7.65. The molecular formula is C30H35FN2O2. The number of benzene rings is 2. The van der Waals surface area contributed by atoms with Crippen LogP contribution in [0.5, 0.6) is 5.75 Å². The normalized spacial score (nSPS) is 15.2. The van der Waals surface area contributed by atoms with Gasteiger partial charge in [0.2, 0.25) is 0 Å². The van der Waals surface area contributed by atoms with Crippen molar-refractivity contribution in [3.63, 3.8) is 0 Å². The molecule has 1 aromatic heterocycles. The van der Waals surface area contributed by atoms with Crippen LogP contribution in [0, 0.1) is 25.1 Å². The molecule has 0 bridgehead atoms. The van der Waals surface area contributed by atoms with Crippen molar-refractivity contribution in [2.45, 2.75) is 53.4 Å². The number of carbonyl (C=O) groups excluding carboxylic acids is 1. The third-order valence-electron chi connectivity index (χ3n) is 7.09. The highest BCUT2D eigenvalue weighted by molar-refractivity contribution is 5.85. The van der Waals surface area contributed by atoms with Crippen LogP contribution in [0.4, 0.5) is 10.1 Å². The van der Waals surface area contributed by atoms with Gasteiger partial charge in [0.25, 0.3) is 0 Å². The third kappa shape index (κ3) is 5.90. The quantitative estimate of drug-likeness (QED) is 0.350. The number of pyridine rings is 1. The fourth-order valence-electron chi connectivity index (χ4n) is 4.88. The molecular weight excluding hydrogens is 439 g/mol. The summed E-state index contributed by atoms with van der Waals surface area (Å²) in [6.45, 7) is 11.2. The number of anilines is 1. The number of nitrogens with zero attached hydrogens (tertiary/aromatic N) is 2. The van der Waals surface area contributed by atoms with Gasteiger partial charge in [-0.2, -0.15) is 0 Å². The lowest BCUT2D eigenvalue weighted by atomic mass is 9.82. The number of aryl methyl sites for hydroxylation is 2. The van der Waals surface area contributed by atoms with E-state index in [0.717, 1.165) is 77.3 Å². The number of ether oxygens (including phenoxy) is 1. The van der Waals surface area contributed by atoms with E-state index in [4.69, 9.17) is 9.72 Å². The van der Waals surface area contributed by atoms with Crippen LogP contribution in [0.15, 0.2) is 48.5 Å². The average molecular weight is 475 g/mol. The molecule has 4 rings (SSSR count). The molecule has 0 spiro atoms. The lowest BCUT2D eigenvalue weighted by Crippen LogP contribution is -2.38. The third-order valence-corrected chi connectivity index (χ3v) is 7.09. The number of rotatable bonds is 8. The Morgan fingerprint density at radius 2 is 1.66 bits per heavy atom. The zero-order valence-electron chi connectivity index (χ0n) is 21.2. The van der Waals surface area contributed by atoms with Gasteiger partial charge in [-0.1, -0.05) is 38.1 Å². The van der Waals surface area contributed by atoms with Crippen LogP contribution < -0.4 is 9.64 Å².